The van der Waals surface area contributed by atoms with E-state index in [1.807, 2.05) is 12.1 Å². The van der Waals surface area contributed by atoms with Crippen molar-refractivity contribution < 1.29 is 8.42 Å². The number of pyridine rings is 1. The summed E-state index contributed by atoms with van der Waals surface area (Å²) in [6, 6.07) is 10.5. The lowest BCUT2D eigenvalue weighted by atomic mass is 10.2. The molecule has 0 saturated carbocycles. The smallest absolute Gasteiger partial charge is 0.244 e. The van der Waals surface area contributed by atoms with Crippen molar-refractivity contribution in [1.82, 2.24) is 29.1 Å². The van der Waals surface area contributed by atoms with Gasteiger partial charge in [0.2, 0.25) is 16.0 Å². The van der Waals surface area contributed by atoms with E-state index in [0.29, 0.717) is 11.6 Å². The maximum Gasteiger partial charge on any atom is 0.244 e. The first-order valence-electron chi connectivity index (χ1n) is 11.2. The molecule has 4 rings (SSSR count). The molecule has 2 aromatic heterocycles. The Kier molecular flexibility index (Phi) is 7.82. The first-order chi connectivity index (χ1) is 16.7. The fourth-order valence-electron chi connectivity index (χ4n) is 3.59. The number of para-hydroxylation sites is 1. The average Bonchev–Trinajstić information content (AvgIpc) is 2.84. The lowest BCUT2D eigenvalue weighted by molar-refractivity contribution is 0.147. The van der Waals surface area contributed by atoms with E-state index in [9.17, 15) is 8.42 Å². The van der Waals surface area contributed by atoms with Crippen LogP contribution < -0.4 is 10.6 Å². The van der Waals surface area contributed by atoms with Gasteiger partial charge in [0.25, 0.3) is 0 Å². The maximum absolute atomic E-state index is 12.7. The number of anilines is 4. The predicted molar refractivity (Wildman–Crippen MR) is 138 cm³/mol. The van der Waals surface area contributed by atoms with Crippen molar-refractivity contribution >= 4 is 44.8 Å². The monoisotopic (exact) mass is 516 g/mol. The molecule has 3 heterocycles. The summed E-state index contributed by atoms with van der Waals surface area (Å²) in [6.45, 7) is 5.01. The van der Waals surface area contributed by atoms with E-state index in [1.165, 1.54) is 26.4 Å². The highest BCUT2D eigenvalue weighted by Crippen LogP contribution is 2.29. The third-order valence-corrected chi connectivity index (χ3v) is 7.86. The van der Waals surface area contributed by atoms with Crippen LogP contribution in [0.1, 0.15) is 5.69 Å². The first kappa shape index (κ1) is 25.3. The van der Waals surface area contributed by atoms with Crippen molar-refractivity contribution in [3.05, 3.63) is 59.5 Å². The van der Waals surface area contributed by atoms with E-state index in [0.717, 1.165) is 48.4 Å². The first-order valence-corrected chi connectivity index (χ1v) is 13.0. The van der Waals surface area contributed by atoms with Crippen LogP contribution >= 0.6 is 11.6 Å². The molecule has 35 heavy (non-hydrogen) atoms. The van der Waals surface area contributed by atoms with Crippen molar-refractivity contribution in [2.45, 2.75) is 11.4 Å². The molecule has 0 atom stereocenters. The second kappa shape index (κ2) is 10.8. The zero-order valence-electron chi connectivity index (χ0n) is 19.9. The number of nitrogens with one attached hydrogen (secondary N) is 2. The molecule has 0 unspecified atom stereocenters. The summed E-state index contributed by atoms with van der Waals surface area (Å²) in [7, 11) is 1.44. The number of halogens is 1. The number of nitrogens with zero attached hydrogens (tertiary/aromatic N) is 6. The van der Waals surface area contributed by atoms with Crippen molar-refractivity contribution in [2.75, 3.05) is 58.0 Å². The van der Waals surface area contributed by atoms with Gasteiger partial charge in [0, 0.05) is 46.8 Å². The summed E-state index contributed by atoms with van der Waals surface area (Å²) < 4.78 is 26.6. The van der Waals surface area contributed by atoms with Crippen molar-refractivity contribution in [3.63, 3.8) is 0 Å². The van der Waals surface area contributed by atoms with Crippen molar-refractivity contribution in [3.8, 4) is 0 Å². The minimum absolute atomic E-state index is 0.120. The Morgan fingerprint density at radius 3 is 2.43 bits per heavy atom. The Labute approximate surface area is 211 Å². The number of likely N-dealkylation sites (N-methyl/N-ethyl adjacent to an activating group) is 1. The molecule has 1 fully saturated rings. The molecule has 2 N–H and O–H groups in total. The van der Waals surface area contributed by atoms with Crippen LogP contribution in [-0.2, 0) is 16.6 Å². The molecule has 0 spiro atoms. The summed E-state index contributed by atoms with van der Waals surface area (Å²) in [6.07, 6.45) is 3.20. The van der Waals surface area contributed by atoms with Crippen LogP contribution in [0.4, 0.5) is 23.1 Å². The minimum atomic E-state index is -3.66. The van der Waals surface area contributed by atoms with Gasteiger partial charge in [-0.3, -0.25) is 9.88 Å². The van der Waals surface area contributed by atoms with E-state index in [4.69, 9.17) is 11.6 Å². The molecule has 10 nitrogen and oxygen atoms in total. The van der Waals surface area contributed by atoms with Gasteiger partial charge in [0.1, 0.15) is 9.92 Å². The standard InChI is InChI=1S/C23H29ClN8O2S/c1-30(2)35(33,34)21-7-5-4-6-20(21)28-22-19(24)15-26-23(29-22)27-17-8-9-18(25-14-17)16-32-12-10-31(3)11-13-32/h4-9,14-15H,10-13,16H2,1-3H3,(H2,26,27,28,29). The molecule has 0 bridgehead atoms. The largest absolute Gasteiger partial charge is 0.338 e. The maximum atomic E-state index is 12.7. The topological polar surface area (TPSA) is 107 Å². The zero-order valence-corrected chi connectivity index (χ0v) is 21.5. The molecule has 1 aliphatic heterocycles. The minimum Gasteiger partial charge on any atom is -0.338 e. The molecule has 3 aromatic rings. The summed E-state index contributed by atoms with van der Waals surface area (Å²) in [4.78, 5) is 18.1. The number of hydrogen-bond acceptors (Lipinski definition) is 9. The number of piperazine rings is 1. The van der Waals surface area contributed by atoms with Gasteiger partial charge < -0.3 is 15.5 Å². The third-order valence-electron chi connectivity index (χ3n) is 5.71. The second-order valence-corrected chi connectivity index (χ2v) is 11.1. The quantitative estimate of drug-likeness (QED) is 0.467. The van der Waals surface area contributed by atoms with Crippen LogP contribution in [-0.4, -0.2) is 84.8 Å². The van der Waals surface area contributed by atoms with E-state index in [2.05, 4.69) is 42.4 Å². The van der Waals surface area contributed by atoms with Gasteiger partial charge in [-0.2, -0.15) is 4.98 Å². The predicted octanol–water partition coefficient (Wildman–Crippen LogP) is 3.01. The molecule has 186 valence electrons. The highest BCUT2D eigenvalue weighted by molar-refractivity contribution is 7.89. The van der Waals surface area contributed by atoms with Crippen LogP contribution in [0.25, 0.3) is 0 Å². The lowest BCUT2D eigenvalue weighted by Crippen LogP contribution is -2.43. The number of sulfonamides is 1. The molecular formula is C23H29ClN8O2S. The number of benzene rings is 1. The molecule has 1 aliphatic rings. The Morgan fingerprint density at radius 1 is 1.00 bits per heavy atom. The molecule has 1 aromatic carbocycles. The van der Waals surface area contributed by atoms with Crippen LogP contribution in [0.3, 0.4) is 0 Å². The van der Waals surface area contributed by atoms with Gasteiger partial charge >= 0.3 is 0 Å². The average molecular weight is 517 g/mol. The Hall–Kier alpha value is -2.83. The van der Waals surface area contributed by atoms with Crippen molar-refractivity contribution in [2.24, 2.45) is 0 Å². The second-order valence-electron chi connectivity index (χ2n) is 8.54. The highest BCUT2D eigenvalue weighted by atomic mass is 35.5. The SMILES string of the molecule is CN1CCN(Cc2ccc(Nc3ncc(Cl)c(Nc4ccccc4S(=O)(=O)N(C)C)n3)cn2)CC1. The van der Waals surface area contributed by atoms with E-state index < -0.39 is 10.0 Å². The number of aromatic nitrogens is 3. The van der Waals surface area contributed by atoms with Gasteiger partial charge in [-0.05, 0) is 31.3 Å². The summed E-state index contributed by atoms with van der Waals surface area (Å²) in [5, 5.41) is 6.42. The number of hydrogen-bond donors (Lipinski definition) is 2. The molecule has 0 radical (unpaired) electrons. The zero-order chi connectivity index (χ0) is 25.0. The molecule has 1 saturated heterocycles. The molecule has 0 aliphatic carbocycles. The fraction of sp³-hybridized carbons (Fsp3) is 0.348. The van der Waals surface area contributed by atoms with Crippen LogP contribution in [0.2, 0.25) is 5.02 Å². The van der Waals surface area contributed by atoms with Gasteiger partial charge in [-0.1, -0.05) is 23.7 Å². The fourth-order valence-corrected chi connectivity index (χ4v) is 4.77. The van der Waals surface area contributed by atoms with Crippen LogP contribution in [0, 0.1) is 0 Å². The van der Waals surface area contributed by atoms with Crippen LogP contribution in [0.15, 0.2) is 53.7 Å². The lowest BCUT2D eigenvalue weighted by Gasteiger charge is -2.32. The third kappa shape index (κ3) is 6.24. The summed E-state index contributed by atoms with van der Waals surface area (Å²) in [5.74, 6) is 0.587. The molecule has 0 amide bonds. The Bertz CT molecular complexity index is 1260. The van der Waals surface area contributed by atoms with Gasteiger partial charge in [0.05, 0.1) is 29.5 Å². The summed E-state index contributed by atoms with van der Waals surface area (Å²) in [5.41, 5.74) is 2.09. The Balaban J connectivity index is 1.47. The number of rotatable bonds is 8. The Morgan fingerprint density at radius 2 is 1.74 bits per heavy atom. The van der Waals surface area contributed by atoms with Gasteiger partial charge in [0.15, 0.2) is 5.82 Å². The summed E-state index contributed by atoms with van der Waals surface area (Å²) >= 11 is 6.31. The van der Waals surface area contributed by atoms with E-state index >= 15 is 0 Å². The normalized spacial score (nSPS) is 15.3. The van der Waals surface area contributed by atoms with E-state index in [-0.39, 0.29) is 15.7 Å². The highest BCUT2D eigenvalue weighted by Gasteiger charge is 2.22. The van der Waals surface area contributed by atoms with Gasteiger partial charge in [-0.25, -0.2) is 17.7 Å². The van der Waals surface area contributed by atoms with Crippen LogP contribution in [0.5, 0.6) is 0 Å². The molecular weight excluding hydrogens is 488 g/mol. The molecule has 12 heteroatoms. The van der Waals surface area contributed by atoms with Crippen molar-refractivity contribution in [1.29, 1.82) is 0 Å². The van der Waals surface area contributed by atoms with Gasteiger partial charge in [-0.15, -0.1) is 0 Å². The van der Waals surface area contributed by atoms with E-state index in [1.54, 1.807) is 24.4 Å².